The van der Waals surface area contributed by atoms with E-state index in [1.54, 1.807) is 29.4 Å². The van der Waals surface area contributed by atoms with Crippen LogP contribution in [0.1, 0.15) is 72.1 Å². The van der Waals surface area contributed by atoms with Gasteiger partial charge in [-0.15, -0.1) is 26.6 Å². The first-order chi connectivity index (χ1) is 21.6. The molecular formula is C33H49N5S6. The van der Waals surface area contributed by atoms with Crippen LogP contribution < -0.4 is 15.5 Å². The van der Waals surface area contributed by atoms with Crippen LogP contribution >= 0.6 is 71.6 Å². The van der Waals surface area contributed by atoms with E-state index in [9.17, 15) is 0 Å². The Hall–Kier alpha value is -1.08. The fourth-order valence-electron chi connectivity index (χ4n) is 4.49. The van der Waals surface area contributed by atoms with Crippen LogP contribution in [0.3, 0.4) is 0 Å². The van der Waals surface area contributed by atoms with Gasteiger partial charge in [-0.25, -0.2) is 0 Å². The third-order valence-electron chi connectivity index (χ3n) is 6.72. The Bertz CT molecular complexity index is 1150. The lowest BCUT2D eigenvalue weighted by Crippen LogP contribution is -2.25. The van der Waals surface area contributed by atoms with Gasteiger partial charge in [0.1, 0.15) is 20.1 Å². The minimum atomic E-state index is 0.935. The summed E-state index contributed by atoms with van der Waals surface area (Å²) in [7, 11) is 0. The van der Waals surface area contributed by atoms with E-state index in [1.807, 2.05) is 35.5 Å². The van der Waals surface area contributed by atoms with Crippen molar-refractivity contribution >= 4 is 88.5 Å². The second kappa shape index (κ2) is 22.4. The van der Waals surface area contributed by atoms with Crippen molar-refractivity contribution in [3.8, 4) is 0 Å². The van der Waals surface area contributed by atoms with Crippen LogP contribution in [0.4, 0.5) is 11.4 Å². The minimum absolute atomic E-state index is 0.935. The molecule has 0 unspecified atom stereocenters. The fourth-order valence-corrected chi connectivity index (χ4v) is 10.0. The first-order valence-electron chi connectivity index (χ1n) is 15.7. The van der Waals surface area contributed by atoms with Gasteiger partial charge >= 0.3 is 0 Å². The monoisotopic (exact) mass is 707 g/mol. The van der Waals surface area contributed by atoms with Crippen LogP contribution in [0.2, 0.25) is 0 Å². The fraction of sp³-hybridized carbons (Fsp3) is 0.485. The first kappa shape index (κ1) is 37.4. The van der Waals surface area contributed by atoms with Gasteiger partial charge in [-0.3, -0.25) is 4.90 Å². The number of thioether (sulfide) groups is 2. The smallest absolute Gasteiger partial charge is 0.122 e. The van der Waals surface area contributed by atoms with Crippen molar-refractivity contribution in [2.75, 3.05) is 41.2 Å². The summed E-state index contributed by atoms with van der Waals surface area (Å²) in [6.07, 6.45) is 12.1. The van der Waals surface area contributed by atoms with Crippen molar-refractivity contribution in [1.29, 1.82) is 0 Å². The Labute approximate surface area is 294 Å². The maximum atomic E-state index is 5.62. The predicted molar refractivity (Wildman–Crippen MR) is 211 cm³/mol. The van der Waals surface area contributed by atoms with Crippen molar-refractivity contribution in [3.63, 3.8) is 0 Å². The maximum absolute atomic E-state index is 5.62. The molecule has 44 heavy (non-hydrogen) atoms. The molecule has 3 rings (SSSR count). The van der Waals surface area contributed by atoms with E-state index >= 15 is 0 Å². The zero-order valence-corrected chi connectivity index (χ0v) is 31.5. The molecule has 0 saturated heterocycles. The molecule has 0 aliphatic carbocycles. The number of anilines is 2. The van der Waals surface area contributed by atoms with Crippen LogP contribution in [0, 0.1) is 0 Å². The lowest BCUT2D eigenvalue weighted by Gasteiger charge is -2.27. The average molecular weight is 708 g/mol. The van der Waals surface area contributed by atoms with E-state index < -0.39 is 0 Å². The molecule has 1 aliphatic rings. The molecule has 2 N–H and O–H groups in total. The van der Waals surface area contributed by atoms with Crippen molar-refractivity contribution in [1.82, 2.24) is 13.3 Å². The largest absolute Gasteiger partial charge is 0.377 e. The molecule has 0 bridgehead atoms. The molecule has 0 spiro atoms. The predicted octanol–water partition coefficient (Wildman–Crippen LogP) is 11.2. The highest BCUT2D eigenvalue weighted by Crippen LogP contribution is 2.52. The van der Waals surface area contributed by atoms with Crippen LogP contribution in [0.15, 0.2) is 80.8 Å². The normalized spacial score (nSPS) is 14.0. The van der Waals surface area contributed by atoms with Gasteiger partial charge < -0.3 is 15.5 Å². The van der Waals surface area contributed by atoms with E-state index in [1.165, 1.54) is 55.0 Å². The quantitative estimate of drug-likeness (QED) is 0.0501. The Morgan fingerprint density at radius 3 is 2.20 bits per heavy atom. The van der Waals surface area contributed by atoms with Gasteiger partial charge in [-0.2, -0.15) is 0 Å². The molecule has 5 nitrogen and oxygen atoms in total. The van der Waals surface area contributed by atoms with E-state index in [0.29, 0.717) is 0 Å². The summed E-state index contributed by atoms with van der Waals surface area (Å²) in [6, 6.07) is 21.0. The SMILES string of the molecule is CCCCCCN/C(SN1SC(Nc2ccccc2)=C(N(CCCCCC)CSC)S1)=C(/SCC)N(C=S)c1ccccc1. The molecule has 11 heteroatoms. The molecule has 0 fully saturated rings. The summed E-state index contributed by atoms with van der Waals surface area (Å²) in [6.45, 7) is 8.74. The van der Waals surface area contributed by atoms with Crippen molar-refractivity contribution < 1.29 is 0 Å². The van der Waals surface area contributed by atoms with Crippen LogP contribution in [0.5, 0.6) is 0 Å². The van der Waals surface area contributed by atoms with E-state index in [4.69, 9.17) is 12.2 Å². The number of nitrogens with zero attached hydrogens (tertiary/aromatic N) is 3. The zero-order valence-electron chi connectivity index (χ0n) is 26.6. The number of hydrogen-bond acceptors (Lipinski definition) is 10. The second-order valence-electron chi connectivity index (χ2n) is 10.2. The Morgan fingerprint density at radius 1 is 0.886 bits per heavy atom. The molecule has 0 saturated carbocycles. The molecular weight excluding hydrogens is 659 g/mol. The van der Waals surface area contributed by atoms with Crippen molar-refractivity contribution in [2.24, 2.45) is 0 Å². The van der Waals surface area contributed by atoms with Gasteiger partial charge in [-0.1, -0.05) is 108 Å². The first-order valence-corrected chi connectivity index (χ1v) is 20.9. The summed E-state index contributed by atoms with van der Waals surface area (Å²) in [5, 5.41) is 12.4. The molecule has 1 aliphatic heterocycles. The molecule has 0 atom stereocenters. The molecule has 242 valence electrons. The van der Waals surface area contributed by atoms with Crippen LogP contribution in [-0.2, 0) is 0 Å². The topological polar surface area (TPSA) is 33.8 Å². The van der Waals surface area contributed by atoms with E-state index in [0.717, 1.165) is 52.6 Å². The molecule has 0 radical (unpaired) electrons. The summed E-state index contributed by atoms with van der Waals surface area (Å²) < 4.78 is 2.34. The number of para-hydroxylation sites is 2. The van der Waals surface area contributed by atoms with Gasteiger partial charge in [0.15, 0.2) is 0 Å². The number of thiocarbonyl (C=S) groups is 1. The second-order valence-corrected chi connectivity index (χ2v) is 16.1. The van der Waals surface area contributed by atoms with E-state index in [-0.39, 0.29) is 0 Å². The van der Waals surface area contributed by atoms with Gasteiger partial charge in [-0.05, 0) is 49.1 Å². The molecule has 2 aromatic carbocycles. The Morgan fingerprint density at radius 2 is 1.57 bits per heavy atom. The summed E-state index contributed by atoms with van der Waals surface area (Å²) in [5.41, 5.74) is 3.96. The van der Waals surface area contributed by atoms with Crippen LogP contribution in [0.25, 0.3) is 0 Å². The zero-order chi connectivity index (χ0) is 31.4. The lowest BCUT2D eigenvalue weighted by atomic mass is 10.2. The van der Waals surface area contributed by atoms with Gasteiger partial charge in [0.05, 0.1) is 11.4 Å². The van der Waals surface area contributed by atoms with E-state index in [2.05, 4.69) is 111 Å². The summed E-state index contributed by atoms with van der Waals surface area (Å²) in [4.78, 5) is 4.71. The molecule has 1 heterocycles. The standard InChI is InChI=1S/C33H49N5S6/c1-5-8-10-18-24-34-30(33(41-7-3)37(26-39)29-22-16-13-17-23-29)42-38-43-31(35-28-20-14-12-15-21-28)32(44-38)36(27-40-4)25-19-11-9-6-2/h12-17,20-23,26,34-35H,5-11,18-19,24-25,27H2,1-4H3/b33-30-. The highest BCUT2D eigenvalue weighted by Gasteiger charge is 2.31. The van der Waals surface area contributed by atoms with Crippen LogP contribution in [-0.4, -0.2) is 44.5 Å². The maximum Gasteiger partial charge on any atom is 0.122 e. The lowest BCUT2D eigenvalue weighted by molar-refractivity contribution is 0.408. The van der Waals surface area contributed by atoms with Crippen molar-refractivity contribution in [2.45, 2.75) is 72.1 Å². The van der Waals surface area contributed by atoms with Gasteiger partial charge in [0.2, 0.25) is 0 Å². The Kier molecular flexibility index (Phi) is 19.1. The number of nitrogens with one attached hydrogen (secondary N) is 2. The number of hydrogen-bond donors (Lipinski definition) is 2. The third kappa shape index (κ3) is 12.6. The average Bonchev–Trinajstić information content (AvgIpc) is 3.44. The third-order valence-corrected chi connectivity index (χ3v) is 12.1. The van der Waals surface area contributed by atoms with Crippen molar-refractivity contribution in [3.05, 3.63) is 80.8 Å². The number of unbranched alkanes of at least 4 members (excludes halogenated alkanes) is 6. The van der Waals surface area contributed by atoms with Gasteiger partial charge in [0, 0.05) is 60.3 Å². The molecule has 0 aromatic heterocycles. The summed E-state index contributed by atoms with van der Waals surface area (Å²) in [5.74, 6) is 1.92. The molecule has 0 amide bonds. The minimum Gasteiger partial charge on any atom is -0.377 e. The molecule has 2 aromatic rings. The highest BCUT2D eigenvalue weighted by molar-refractivity contribution is 8.31. The summed E-state index contributed by atoms with van der Waals surface area (Å²) >= 11 is 14.7. The number of rotatable bonds is 23. The number of benzene rings is 2. The van der Waals surface area contributed by atoms with Gasteiger partial charge in [0.25, 0.3) is 0 Å². The highest BCUT2D eigenvalue weighted by atomic mass is 32.3. The Balaban J connectivity index is 1.92.